The van der Waals surface area contributed by atoms with E-state index in [4.69, 9.17) is 21.1 Å². The Kier molecular flexibility index (Phi) is 6.32. The Morgan fingerprint density at radius 2 is 1.75 bits per heavy atom. The molecule has 0 bridgehead atoms. The number of aryl methyl sites for hydroxylation is 1. The summed E-state index contributed by atoms with van der Waals surface area (Å²) in [5, 5.41) is 3.58. The number of hydrogen-bond donors (Lipinski definition) is 1. The summed E-state index contributed by atoms with van der Waals surface area (Å²) in [5.41, 5.74) is 4.36. The second kappa shape index (κ2) is 9.32. The predicted molar refractivity (Wildman–Crippen MR) is 126 cm³/mol. The number of amides is 1. The Hall–Kier alpha value is -3.51. The summed E-state index contributed by atoms with van der Waals surface area (Å²) in [6.45, 7) is 2.01. The van der Waals surface area contributed by atoms with E-state index >= 15 is 0 Å². The van der Waals surface area contributed by atoms with Gasteiger partial charge in [0.25, 0.3) is 0 Å². The van der Waals surface area contributed by atoms with Crippen molar-refractivity contribution in [2.45, 2.75) is 19.3 Å². The van der Waals surface area contributed by atoms with E-state index in [1.165, 1.54) is 0 Å². The van der Waals surface area contributed by atoms with Gasteiger partial charge in [-0.05, 0) is 48.9 Å². The second-order valence-corrected chi connectivity index (χ2v) is 8.01. The van der Waals surface area contributed by atoms with Crippen LogP contribution in [0.1, 0.15) is 29.2 Å². The van der Waals surface area contributed by atoms with Gasteiger partial charge in [-0.15, -0.1) is 0 Å². The number of methoxy groups -OCH3 is 2. The summed E-state index contributed by atoms with van der Waals surface area (Å²) in [6.07, 6.45) is 3.79. The van der Waals surface area contributed by atoms with Gasteiger partial charge in [-0.2, -0.15) is 0 Å². The van der Waals surface area contributed by atoms with Gasteiger partial charge in [0.05, 0.1) is 24.9 Å². The van der Waals surface area contributed by atoms with E-state index in [9.17, 15) is 4.79 Å². The van der Waals surface area contributed by atoms with Gasteiger partial charge in [-0.1, -0.05) is 29.3 Å². The van der Waals surface area contributed by atoms with Gasteiger partial charge in [0.2, 0.25) is 5.91 Å². The van der Waals surface area contributed by atoms with Crippen molar-refractivity contribution in [2.75, 3.05) is 19.5 Å². The first-order valence-electron chi connectivity index (χ1n) is 10.2. The number of aromatic nitrogens is 2. The Bertz CT molecular complexity index is 1230. The van der Waals surface area contributed by atoms with Crippen LogP contribution in [0.3, 0.4) is 0 Å². The van der Waals surface area contributed by atoms with Crippen LogP contribution in [0, 0.1) is 6.92 Å². The van der Waals surface area contributed by atoms with Crippen molar-refractivity contribution < 1.29 is 14.3 Å². The third kappa shape index (κ3) is 4.70. The molecule has 2 heterocycles. The standard InChI is InChI=1S/C25H24ClN3O3/c1-16-4-7-19(8-5-16)28-25(30)13-22(17-10-20(31-2)12-21(11-17)32-3)23-14-27-24-9-6-18(26)15-29(23)24/h4-12,14-15,22H,13H2,1-3H3,(H,28,30). The first-order chi connectivity index (χ1) is 15.5. The molecule has 0 saturated carbocycles. The van der Waals surface area contributed by atoms with Gasteiger partial charge < -0.3 is 19.2 Å². The molecule has 2 aromatic carbocycles. The van der Waals surface area contributed by atoms with Gasteiger partial charge in [0.15, 0.2) is 0 Å². The maximum Gasteiger partial charge on any atom is 0.225 e. The molecule has 1 amide bonds. The topological polar surface area (TPSA) is 64.9 Å². The summed E-state index contributed by atoms with van der Waals surface area (Å²) in [7, 11) is 3.21. The molecule has 32 heavy (non-hydrogen) atoms. The predicted octanol–water partition coefficient (Wildman–Crippen LogP) is 5.47. The third-order valence-electron chi connectivity index (χ3n) is 5.36. The molecule has 0 aliphatic carbocycles. The first kappa shape index (κ1) is 21.7. The monoisotopic (exact) mass is 449 g/mol. The van der Waals surface area contributed by atoms with Gasteiger partial charge in [0.1, 0.15) is 17.1 Å². The average molecular weight is 450 g/mol. The zero-order chi connectivity index (χ0) is 22.7. The van der Waals surface area contributed by atoms with Gasteiger partial charge in [-0.25, -0.2) is 4.98 Å². The van der Waals surface area contributed by atoms with Crippen LogP contribution in [0.2, 0.25) is 5.02 Å². The van der Waals surface area contributed by atoms with Crippen molar-refractivity contribution in [3.63, 3.8) is 0 Å². The number of carbonyl (C=O) groups is 1. The van der Waals surface area contributed by atoms with Crippen LogP contribution in [0.4, 0.5) is 5.69 Å². The number of carbonyl (C=O) groups excluding carboxylic acids is 1. The first-order valence-corrected chi connectivity index (χ1v) is 10.6. The summed E-state index contributed by atoms with van der Waals surface area (Å²) >= 11 is 6.25. The number of imidazole rings is 1. The van der Waals surface area contributed by atoms with Crippen molar-refractivity contribution in [3.8, 4) is 11.5 Å². The van der Waals surface area contributed by atoms with E-state index in [0.29, 0.717) is 16.5 Å². The van der Waals surface area contributed by atoms with Crippen molar-refractivity contribution in [1.29, 1.82) is 0 Å². The van der Waals surface area contributed by atoms with E-state index in [1.807, 2.05) is 60.0 Å². The smallest absolute Gasteiger partial charge is 0.225 e. The molecule has 0 fully saturated rings. The molecular weight excluding hydrogens is 426 g/mol. The number of fused-ring (bicyclic) bond motifs is 1. The number of ether oxygens (including phenoxy) is 2. The molecule has 164 valence electrons. The normalized spacial score (nSPS) is 11.9. The fourth-order valence-electron chi connectivity index (χ4n) is 3.69. The quantitative estimate of drug-likeness (QED) is 0.406. The molecule has 4 rings (SSSR count). The maximum atomic E-state index is 13.1. The largest absolute Gasteiger partial charge is 0.497 e. The highest BCUT2D eigenvalue weighted by molar-refractivity contribution is 6.30. The molecule has 0 aliphatic rings. The van der Waals surface area contributed by atoms with Crippen LogP contribution in [-0.4, -0.2) is 29.5 Å². The molecule has 0 saturated heterocycles. The van der Waals surface area contributed by atoms with Crippen molar-refractivity contribution in [3.05, 3.63) is 88.8 Å². The Balaban J connectivity index is 1.75. The molecule has 0 radical (unpaired) electrons. The van der Waals surface area contributed by atoms with Crippen LogP contribution in [0.5, 0.6) is 11.5 Å². The lowest BCUT2D eigenvalue weighted by Crippen LogP contribution is -2.17. The second-order valence-electron chi connectivity index (χ2n) is 7.58. The van der Waals surface area contributed by atoms with Crippen molar-refractivity contribution in [2.24, 2.45) is 0 Å². The number of hydrogen-bond acceptors (Lipinski definition) is 4. The van der Waals surface area contributed by atoms with Crippen LogP contribution < -0.4 is 14.8 Å². The number of halogens is 1. The molecule has 1 unspecified atom stereocenters. The lowest BCUT2D eigenvalue weighted by molar-refractivity contribution is -0.116. The molecule has 1 atom stereocenters. The Morgan fingerprint density at radius 1 is 1.06 bits per heavy atom. The number of benzene rings is 2. The number of anilines is 1. The Morgan fingerprint density at radius 3 is 2.41 bits per heavy atom. The van der Waals surface area contributed by atoms with Gasteiger partial charge in [-0.3, -0.25) is 4.79 Å². The minimum atomic E-state index is -0.307. The fourth-order valence-corrected chi connectivity index (χ4v) is 3.85. The lowest BCUT2D eigenvalue weighted by atomic mass is 9.91. The van der Waals surface area contributed by atoms with E-state index in [2.05, 4.69) is 10.3 Å². The highest BCUT2D eigenvalue weighted by atomic mass is 35.5. The molecule has 6 nitrogen and oxygen atoms in total. The van der Waals surface area contributed by atoms with E-state index < -0.39 is 0 Å². The van der Waals surface area contributed by atoms with Crippen molar-refractivity contribution >= 4 is 28.8 Å². The third-order valence-corrected chi connectivity index (χ3v) is 5.58. The zero-order valence-electron chi connectivity index (χ0n) is 18.1. The summed E-state index contributed by atoms with van der Waals surface area (Å²) < 4.78 is 12.8. The maximum absolute atomic E-state index is 13.1. The SMILES string of the molecule is COc1cc(OC)cc(C(CC(=O)Nc2ccc(C)cc2)c2cnc3ccc(Cl)cn23)c1. The van der Waals surface area contributed by atoms with Crippen LogP contribution in [0.15, 0.2) is 67.0 Å². The summed E-state index contributed by atoms with van der Waals surface area (Å²) in [6, 6.07) is 17.0. The molecule has 0 spiro atoms. The zero-order valence-corrected chi connectivity index (χ0v) is 18.9. The minimum absolute atomic E-state index is 0.113. The molecule has 4 aromatic rings. The lowest BCUT2D eigenvalue weighted by Gasteiger charge is -2.19. The molecule has 7 heteroatoms. The molecule has 1 N–H and O–H groups in total. The highest BCUT2D eigenvalue weighted by Crippen LogP contribution is 2.34. The summed E-state index contributed by atoms with van der Waals surface area (Å²) in [4.78, 5) is 17.6. The number of pyridine rings is 1. The van der Waals surface area contributed by atoms with Gasteiger partial charge in [0, 0.05) is 36.5 Å². The summed E-state index contributed by atoms with van der Waals surface area (Å²) in [5.74, 6) is 0.876. The van der Waals surface area contributed by atoms with Crippen LogP contribution in [0.25, 0.3) is 5.65 Å². The molecule has 0 aliphatic heterocycles. The van der Waals surface area contributed by atoms with Crippen LogP contribution >= 0.6 is 11.6 Å². The Labute approximate surface area is 191 Å². The average Bonchev–Trinajstić information content (AvgIpc) is 3.21. The van der Waals surface area contributed by atoms with Gasteiger partial charge >= 0.3 is 0 Å². The minimum Gasteiger partial charge on any atom is -0.497 e. The highest BCUT2D eigenvalue weighted by Gasteiger charge is 2.23. The number of nitrogens with zero attached hydrogens (tertiary/aromatic N) is 2. The van der Waals surface area contributed by atoms with E-state index in [-0.39, 0.29) is 18.2 Å². The van der Waals surface area contributed by atoms with Crippen LogP contribution in [-0.2, 0) is 4.79 Å². The van der Waals surface area contributed by atoms with E-state index in [1.54, 1.807) is 32.5 Å². The molecular formula is C25H24ClN3O3. The number of rotatable bonds is 7. The fraction of sp³-hybridized carbons (Fsp3) is 0.200. The van der Waals surface area contributed by atoms with E-state index in [0.717, 1.165) is 28.2 Å². The number of nitrogens with one attached hydrogen (secondary N) is 1. The molecule has 2 aromatic heterocycles. The van der Waals surface area contributed by atoms with Crippen molar-refractivity contribution in [1.82, 2.24) is 9.38 Å².